The summed E-state index contributed by atoms with van der Waals surface area (Å²) < 4.78 is 34.8. The molecule has 10 nitrogen and oxygen atoms in total. The molecule has 1 fully saturated rings. The molecule has 0 aliphatic carbocycles. The van der Waals surface area contributed by atoms with Gasteiger partial charge in [0.15, 0.2) is 6.04 Å². The highest BCUT2D eigenvalue weighted by molar-refractivity contribution is 5.94. The summed E-state index contributed by atoms with van der Waals surface area (Å²) in [5.41, 5.74) is -1.83. The zero-order valence-electron chi connectivity index (χ0n) is 25.2. The van der Waals surface area contributed by atoms with Gasteiger partial charge < -0.3 is 28.4 Å². The Kier molecular flexibility index (Phi) is 14.0. The van der Waals surface area contributed by atoms with E-state index >= 15 is 0 Å². The molecular weight excluding hydrogens is 494 g/mol. The number of rotatable bonds is 9. The van der Waals surface area contributed by atoms with Crippen molar-refractivity contribution in [1.82, 2.24) is 4.90 Å². The van der Waals surface area contributed by atoms with Crippen LogP contribution in [0, 0.1) is 5.92 Å². The fourth-order valence-electron chi connectivity index (χ4n) is 3.70. The minimum Gasteiger partial charge on any atom is -0.458 e. The van der Waals surface area contributed by atoms with Crippen molar-refractivity contribution in [3.8, 4) is 0 Å². The molecule has 222 valence electrons. The van der Waals surface area contributed by atoms with Gasteiger partial charge in [-0.15, -0.1) is 0 Å². The molecule has 1 aliphatic rings. The molecule has 0 spiro atoms. The van der Waals surface area contributed by atoms with Crippen LogP contribution in [0.25, 0.3) is 0 Å². The van der Waals surface area contributed by atoms with Gasteiger partial charge in [0.05, 0.1) is 12.7 Å². The molecule has 0 bridgehead atoms. The second-order valence-electron chi connectivity index (χ2n) is 12.2. The molecule has 1 rings (SSSR count). The first-order valence-corrected chi connectivity index (χ1v) is 13.8. The average molecular weight is 546 g/mol. The first kappa shape index (κ1) is 34.1. The van der Waals surface area contributed by atoms with Crippen LogP contribution in [0.4, 0.5) is 9.59 Å². The van der Waals surface area contributed by atoms with Gasteiger partial charge in [-0.05, 0) is 67.2 Å². The Balaban J connectivity index is 3.26. The van der Waals surface area contributed by atoms with Crippen LogP contribution in [0.5, 0.6) is 0 Å². The second-order valence-corrected chi connectivity index (χ2v) is 12.2. The van der Waals surface area contributed by atoms with E-state index in [1.165, 1.54) is 0 Å². The van der Waals surface area contributed by atoms with Crippen molar-refractivity contribution in [3.63, 3.8) is 0 Å². The van der Waals surface area contributed by atoms with E-state index < -0.39 is 47.6 Å². The predicted molar refractivity (Wildman–Crippen MR) is 143 cm³/mol. The van der Waals surface area contributed by atoms with Crippen molar-refractivity contribution in [2.75, 3.05) is 26.4 Å². The topological polar surface area (TPSA) is 110 Å². The lowest BCUT2D eigenvalue weighted by Gasteiger charge is -2.36. The number of unbranched alkanes of at least 4 members (excludes halogenated alkanes) is 2. The molecule has 0 saturated carbocycles. The van der Waals surface area contributed by atoms with Gasteiger partial charge in [-0.25, -0.2) is 14.4 Å². The Morgan fingerprint density at radius 1 is 1.00 bits per heavy atom. The zero-order chi connectivity index (χ0) is 29.1. The minimum absolute atomic E-state index is 0.229. The summed E-state index contributed by atoms with van der Waals surface area (Å²) in [5, 5.41) is 0. The number of carbonyl (C=O) groups is 3. The third-order valence-corrected chi connectivity index (χ3v) is 5.42. The molecule has 0 aromatic rings. The Hall–Kier alpha value is -1.91. The third kappa shape index (κ3) is 12.8. The van der Waals surface area contributed by atoms with Gasteiger partial charge in [0.1, 0.15) is 23.4 Å². The van der Waals surface area contributed by atoms with E-state index in [9.17, 15) is 14.4 Å². The van der Waals surface area contributed by atoms with Gasteiger partial charge in [0, 0.05) is 19.8 Å². The van der Waals surface area contributed by atoms with Gasteiger partial charge in [-0.3, -0.25) is 0 Å². The molecule has 1 heterocycles. The molecule has 1 saturated heterocycles. The van der Waals surface area contributed by atoms with Crippen LogP contribution in [-0.4, -0.2) is 85.0 Å². The molecule has 2 amide bonds. The van der Waals surface area contributed by atoms with Crippen molar-refractivity contribution in [3.05, 3.63) is 0 Å². The molecular formula is C28H51NO9. The van der Waals surface area contributed by atoms with Crippen LogP contribution >= 0.6 is 0 Å². The number of imide groups is 1. The highest BCUT2D eigenvalue weighted by atomic mass is 16.6. The number of amides is 2. The number of hydrogen-bond donors (Lipinski definition) is 0. The summed E-state index contributed by atoms with van der Waals surface area (Å²) in [4.78, 5) is 40.4. The van der Waals surface area contributed by atoms with E-state index in [1.807, 2.05) is 13.8 Å². The molecule has 1 aliphatic heterocycles. The Morgan fingerprint density at radius 3 is 2.08 bits per heavy atom. The third-order valence-electron chi connectivity index (χ3n) is 5.42. The number of esters is 1. The van der Waals surface area contributed by atoms with Crippen molar-refractivity contribution in [1.29, 1.82) is 0 Å². The molecule has 0 aromatic heterocycles. The van der Waals surface area contributed by atoms with Gasteiger partial charge in [0.25, 0.3) is 0 Å². The molecule has 0 radical (unpaired) electrons. The smallest absolute Gasteiger partial charge is 0.420 e. The van der Waals surface area contributed by atoms with E-state index in [0.29, 0.717) is 24.5 Å². The van der Waals surface area contributed by atoms with Crippen LogP contribution in [0.15, 0.2) is 0 Å². The van der Waals surface area contributed by atoms with Crippen LogP contribution in [0.2, 0.25) is 0 Å². The molecule has 38 heavy (non-hydrogen) atoms. The van der Waals surface area contributed by atoms with Gasteiger partial charge in [-0.2, -0.15) is 4.90 Å². The highest BCUT2D eigenvalue weighted by Gasteiger charge is 2.43. The quantitative estimate of drug-likeness (QED) is 0.211. The molecule has 10 heteroatoms. The largest absolute Gasteiger partial charge is 0.458 e. The lowest BCUT2D eigenvalue weighted by atomic mass is 10.0. The minimum atomic E-state index is -1.41. The predicted octanol–water partition coefficient (Wildman–Crippen LogP) is 5.50. The van der Waals surface area contributed by atoms with E-state index in [2.05, 4.69) is 6.92 Å². The fourth-order valence-corrected chi connectivity index (χ4v) is 3.70. The van der Waals surface area contributed by atoms with Crippen LogP contribution in [-0.2, 0) is 33.2 Å². The summed E-state index contributed by atoms with van der Waals surface area (Å²) >= 11 is 0. The number of carbonyl (C=O) groups excluding carboxylic acids is 3. The summed E-state index contributed by atoms with van der Waals surface area (Å²) in [6.07, 6.45) is -0.122. The average Bonchev–Trinajstić information content (AvgIpc) is 2.74. The Labute approximate surface area is 229 Å². The normalized spacial score (nSPS) is 23.5. The van der Waals surface area contributed by atoms with Gasteiger partial charge >= 0.3 is 18.2 Å². The molecule has 0 aromatic carbocycles. The van der Waals surface area contributed by atoms with Gasteiger partial charge in [0.2, 0.25) is 0 Å². The second kappa shape index (κ2) is 15.6. The van der Waals surface area contributed by atoms with E-state index in [-0.39, 0.29) is 25.2 Å². The first-order valence-electron chi connectivity index (χ1n) is 13.8. The maximum atomic E-state index is 13.5. The number of nitrogens with zero attached hydrogens (tertiary/aromatic N) is 1. The number of cyclic esters (lactones) is 1. The maximum Gasteiger partial charge on any atom is 0.420 e. The standard InChI is InChI=1S/C28H51NO9/c1-11-12-13-15-34-22-14-16-33-18-21(24(30)36-20(4)23(22)35-17-19(2)3)29(25(31)37-27(5,6)7)26(32)38-28(8,9)10/h19-23H,11-18H2,1-10H3/t20-,21-,22-,23-/m0/s1. The van der Waals surface area contributed by atoms with E-state index in [4.69, 9.17) is 28.4 Å². The first-order chi connectivity index (χ1) is 17.6. The van der Waals surface area contributed by atoms with Crippen molar-refractivity contribution < 1.29 is 42.8 Å². The fraction of sp³-hybridized carbons (Fsp3) is 0.893. The van der Waals surface area contributed by atoms with Gasteiger partial charge in [-0.1, -0.05) is 33.6 Å². The van der Waals surface area contributed by atoms with Crippen molar-refractivity contribution in [2.24, 2.45) is 5.92 Å². The molecule has 0 unspecified atom stereocenters. The lowest BCUT2D eigenvalue weighted by Crippen LogP contribution is -2.56. The number of hydrogen-bond acceptors (Lipinski definition) is 9. The van der Waals surface area contributed by atoms with Crippen LogP contribution in [0.3, 0.4) is 0 Å². The monoisotopic (exact) mass is 545 g/mol. The van der Waals surface area contributed by atoms with E-state index in [0.717, 1.165) is 19.3 Å². The van der Waals surface area contributed by atoms with E-state index in [1.54, 1.807) is 48.5 Å². The number of ether oxygens (including phenoxy) is 6. The highest BCUT2D eigenvalue weighted by Crippen LogP contribution is 2.23. The maximum absolute atomic E-state index is 13.5. The summed E-state index contributed by atoms with van der Waals surface area (Å²) in [6, 6.07) is -1.41. The van der Waals surface area contributed by atoms with Crippen LogP contribution in [0.1, 0.15) is 94.9 Å². The summed E-state index contributed by atoms with van der Waals surface area (Å²) in [6.45, 7) is 18.9. The van der Waals surface area contributed by atoms with Crippen molar-refractivity contribution in [2.45, 2.75) is 130 Å². The molecule has 0 N–H and O–H groups in total. The summed E-state index contributed by atoms with van der Waals surface area (Å²) in [5.74, 6) is -0.563. The Bertz CT molecular complexity index is 714. The summed E-state index contributed by atoms with van der Waals surface area (Å²) in [7, 11) is 0. The van der Waals surface area contributed by atoms with Crippen molar-refractivity contribution >= 4 is 18.2 Å². The SMILES string of the molecule is CCCCCO[C@H]1CCOC[C@H](N(C(=O)OC(C)(C)C)C(=O)OC(C)(C)C)C(=O)O[C@@H](C)[C@@H]1OCC(C)C. The zero-order valence-corrected chi connectivity index (χ0v) is 25.2. The lowest BCUT2D eigenvalue weighted by molar-refractivity contribution is -0.180. The van der Waals surface area contributed by atoms with Crippen LogP contribution < -0.4 is 0 Å². The Morgan fingerprint density at radius 2 is 1.58 bits per heavy atom. The molecule has 4 atom stereocenters.